The molecule has 0 unspecified atom stereocenters. The molecule has 27 heavy (non-hydrogen) atoms. The van der Waals surface area contributed by atoms with E-state index in [2.05, 4.69) is 16.1 Å². The fraction of sp³-hybridized carbons (Fsp3) is 0.250. The van der Waals surface area contributed by atoms with Crippen LogP contribution in [-0.4, -0.2) is 14.3 Å². The molecule has 2 aromatic rings. The highest BCUT2D eigenvalue weighted by molar-refractivity contribution is 7.92. The van der Waals surface area contributed by atoms with E-state index in [4.69, 9.17) is 0 Å². The van der Waals surface area contributed by atoms with Gasteiger partial charge in [0, 0.05) is 12.1 Å². The van der Waals surface area contributed by atoms with E-state index >= 15 is 0 Å². The zero-order valence-corrected chi connectivity index (χ0v) is 15.7. The van der Waals surface area contributed by atoms with Gasteiger partial charge < -0.3 is 5.32 Å². The molecule has 1 aliphatic carbocycles. The van der Waals surface area contributed by atoms with Crippen LogP contribution in [-0.2, 0) is 14.8 Å². The third-order valence-corrected chi connectivity index (χ3v) is 5.95. The van der Waals surface area contributed by atoms with Crippen molar-refractivity contribution in [2.75, 3.05) is 10.0 Å². The van der Waals surface area contributed by atoms with Crippen molar-refractivity contribution in [3.8, 4) is 0 Å². The standard InChI is InChI=1S/C20H21FN2O3S/c1-14-10-11-16(22-20(24)12-15-6-2-3-7-15)13-19(14)27(25,26)23-18-9-5-4-8-17(18)21/h2,4-6,8-11,13,15,23H,3,7,12H2,1H3,(H,22,24)/t15-/m0/s1. The Morgan fingerprint density at radius 1 is 1.22 bits per heavy atom. The maximum Gasteiger partial charge on any atom is 0.262 e. The average molecular weight is 388 g/mol. The number of anilines is 2. The molecule has 7 heteroatoms. The SMILES string of the molecule is Cc1ccc(NC(=O)C[C@H]2C=CCC2)cc1S(=O)(=O)Nc1ccccc1F. The van der Waals surface area contributed by atoms with E-state index in [0.29, 0.717) is 17.7 Å². The minimum Gasteiger partial charge on any atom is -0.326 e. The molecule has 2 N–H and O–H groups in total. The topological polar surface area (TPSA) is 75.3 Å². The molecule has 3 rings (SSSR count). The highest BCUT2D eigenvalue weighted by Gasteiger charge is 2.20. The molecule has 0 spiro atoms. The van der Waals surface area contributed by atoms with Crippen LogP contribution >= 0.6 is 0 Å². The van der Waals surface area contributed by atoms with Gasteiger partial charge in [-0.3, -0.25) is 9.52 Å². The quantitative estimate of drug-likeness (QED) is 0.727. The summed E-state index contributed by atoms with van der Waals surface area (Å²) in [4.78, 5) is 12.2. The smallest absolute Gasteiger partial charge is 0.262 e. The monoisotopic (exact) mass is 388 g/mol. The van der Waals surface area contributed by atoms with Crippen molar-refractivity contribution in [2.24, 2.45) is 5.92 Å². The molecule has 0 saturated carbocycles. The van der Waals surface area contributed by atoms with Gasteiger partial charge in [0.2, 0.25) is 5.91 Å². The number of hydrogen-bond donors (Lipinski definition) is 2. The summed E-state index contributed by atoms with van der Waals surface area (Å²) in [5.74, 6) is -0.602. The lowest BCUT2D eigenvalue weighted by Gasteiger charge is -2.14. The number of sulfonamides is 1. The Labute approximate surface area is 158 Å². The van der Waals surface area contributed by atoms with Crippen LogP contribution in [0.2, 0.25) is 0 Å². The van der Waals surface area contributed by atoms with E-state index in [1.807, 2.05) is 6.08 Å². The molecular weight excluding hydrogens is 367 g/mol. The van der Waals surface area contributed by atoms with Gasteiger partial charge in [0.05, 0.1) is 10.6 Å². The summed E-state index contributed by atoms with van der Waals surface area (Å²) in [5.41, 5.74) is 0.761. The van der Waals surface area contributed by atoms with Crippen molar-refractivity contribution in [1.82, 2.24) is 0 Å². The van der Waals surface area contributed by atoms with Gasteiger partial charge in [-0.2, -0.15) is 0 Å². The Morgan fingerprint density at radius 3 is 2.70 bits per heavy atom. The van der Waals surface area contributed by atoms with Gasteiger partial charge in [-0.05, 0) is 55.5 Å². The lowest BCUT2D eigenvalue weighted by molar-refractivity contribution is -0.116. The van der Waals surface area contributed by atoms with Gasteiger partial charge in [0.1, 0.15) is 5.82 Å². The molecule has 1 aliphatic rings. The van der Waals surface area contributed by atoms with Gasteiger partial charge >= 0.3 is 0 Å². The zero-order chi connectivity index (χ0) is 19.4. The Balaban J connectivity index is 1.79. The second-order valence-electron chi connectivity index (χ2n) is 6.58. The van der Waals surface area contributed by atoms with E-state index in [0.717, 1.165) is 12.8 Å². The first kappa shape index (κ1) is 19.1. The van der Waals surface area contributed by atoms with Crippen molar-refractivity contribution >= 4 is 27.3 Å². The lowest BCUT2D eigenvalue weighted by atomic mass is 10.1. The van der Waals surface area contributed by atoms with E-state index in [1.165, 1.54) is 24.3 Å². The van der Waals surface area contributed by atoms with Gasteiger partial charge in [-0.1, -0.05) is 30.4 Å². The number of benzene rings is 2. The lowest BCUT2D eigenvalue weighted by Crippen LogP contribution is -2.17. The van der Waals surface area contributed by atoms with Crippen LogP contribution in [0.3, 0.4) is 0 Å². The molecule has 5 nitrogen and oxygen atoms in total. The number of rotatable bonds is 6. The summed E-state index contributed by atoms with van der Waals surface area (Å²) in [7, 11) is -4.00. The molecule has 0 fully saturated rings. The average Bonchev–Trinajstić information content (AvgIpc) is 3.11. The maximum absolute atomic E-state index is 13.8. The van der Waals surface area contributed by atoms with E-state index in [9.17, 15) is 17.6 Å². The number of aryl methyl sites for hydroxylation is 1. The summed E-state index contributed by atoms with van der Waals surface area (Å²) in [6, 6.07) is 10.2. The van der Waals surface area contributed by atoms with Gasteiger partial charge in [0.25, 0.3) is 10.0 Å². The van der Waals surface area contributed by atoms with Crippen LogP contribution in [0.25, 0.3) is 0 Å². The third-order valence-electron chi connectivity index (χ3n) is 4.44. The number of carbonyl (C=O) groups is 1. The fourth-order valence-electron chi connectivity index (χ4n) is 3.03. The van der Waals surface area contributed by atoms with Crippen molar-refractivity contribution < 1.29 is 17.6 Å². The van der Waals surface area contributed by atoms with E-state index in [1.54, 1.807) is 25.1 Å². The first-order valence-electron chi connectivity index (χ1n) is 8.70. The number of amides is 1. The first-order valence-corrected chi connectivity index (χ1v) is 10.2. The molecule has 1 atom stereocenters. The summed E-state index contributed by atoms with van der Waals surface area (Å²) < 4.78 is 41.4. The Bertz CT molecular complexity index is 986. The normalized spacial score (nSPS) is 16.3. The van der Waals surface area contributed by atoms with Crippen LogP contribution in [0, 0.1) is 18.7 Å². The number of para-hydroxylation sites is 1. The largest absolute Gasteiger partial charge is 0.326 e. The number of hydrogen-bond acceptors (Lipinski definition) is 3. The van der Waals surface area contributed by atoms with Crippen molar-refractivity contribution in [3.63, 3.8) is 0 Å². The van der Waals surface area contributed by atoms with Crippen molar-refractivity contribution in [1.29, 1.82) is 0 Å². The van der Waals surface area contributed by atoms with E-state index in [-0.39, 0.29) is 22.4 Å². The number of carbonyl (C=O) groups excluding carboxylic acids is 1. The fourth-order valence-corrected chi connectivity index (χ4v) is 4.37. The van der Waals surface area contributed by atoms with Crippen molar-refractivity contribution in [2.45, 2.75) is 31.1 Å². The molecule has 0 heterocycles. The Hall–Kier alpha value is -2.67. The Kier molecular flexibility index (Phi) is 5.60. The van der Waals surface area contributed by atoms with Crippen LogP contribution < -0.4 is 10.0 Å². The predicted octanol–water partition coefficient (Wildman–Crippen LogP) is 4.23. The minimum atomic E-state index is -4.00. The molecule has 0 bridgehead atoms. The van der Waals surface area contributed by atoms with Crippen LogP contribution in [0.1, 0.15) is 24.8 Å². The first-order chi connectivity index (χ1) is 12.8. The van der Waals surface area contributed by atoms with Crippen LogP contribution in [0.5, 0.6) is 0 Å². The maximum atomic E-state index is 13.8. The number of nitrogens with one attached hydrogen (secondary N) is 2. The molecule has 2 aromatic carbocycles. The second-order valence-corrected chi connectivity index (χ2v) is 8.23. The molecule has 1 amide bonds. The number of allylic oxidation sites excluding steroid dienone is 2. The van der Waals surface area contributed by atoms with Gasteiger partial charge in [0.15, 0.2) is 0 Å². The minimum absolute atomic E-state index is 0.00989. The summed E-state index contributed by atoms with van der Waals surface area (Å²) in [5, 5.41) is 2.74. The molecule has 0 saturated heterocycles. The van der Waals surface area contributed by atoms with Crippen LogP contribution in [0.4, 0.5) is 15.8 Å². The Morgan fingerprint density at radius 2 is 2.00 bits per heavy atom. The summed E-state index contributed by atoms with van der Waals surface area (Å²) >= 11 is 0. The molecule has 142 valence electrons. The summed E-state index contributed by atoms with van der Waals surface area (Å²) in [6.45, 7) is 1.64. The number of halogens is 1. The van der Waals surface area contributed by atoms with Gasteiger partial charge in [-0.15, -0.1) is 0 Å². The summed E-state index contributed by atoms with van der Waals surface area (Å²) in [6.07, 6.45) is 6.38. The zero-order valence-electron chi connectivity index (χ0n) is 14.9. The molecule has 0 aromatic heterocycles. The molecular formula is C20H21FN2O3S. The highest BCUT2D eigenvalue weighted by atomic mass is 32.2. The second kappa shape index (κ2) is 7.92. The van der Waals surface area contributed by atoms with Crippen LogP contribution in [0.15, 0.2) is 59.5 Å². The third kappa shape index (κ3) is 4.74. The van der Waals surface area contributed by atoms with E-state index < -0.39 is 15.8 Å². The molecule has 0 radical (unpaired) electrons. The highest BCUT2D eigenvalue weighted by Crippen LogP contribution is 2.25. The van der Waals surface area contributed by atoms with Crippen molar-refractivity contribution in [3.05, 3.63) is 66.0 Å². The van der Waals surface area contributed by atoms with Gasteiger partial charge in [-0.25, -0.2) is 12.8 Å². The molecule has 0 aliphatic heterocycles. The predicted molar refractivity (Wildman–Crippen MR) is 103 cm³/mol.